The van der Waals surface area contributed by atoms with Crippen LogP contribution in [0.15, 0.2) is 36.8 Å². The Labute approximate surface area is 139 Å². The minimum absolute atomic E-state index is 0.121. The fourth-order valence-corrected chi connectivity index (χ4v) is 3.03. The molecule has 0 bridgehead atoms. The van der Waals surface area contributed by atoms with Gasteiger partial charge in [-0.05, 0) is 24.6 Å². The van der Waals surface area contributed by atoms with E-state index in [2.05, 4.69) is 20.5 Å². The first-order valence-corrected chi connectivity index (χ1v) is 8.00. The third-order valence-electron chi connectivity index (χ3n) is 4.25. The van der Waals surface area contributed by atoms with Gasteiger partial charge in [0.2, 0.25) is 5.91 Å². The van der Waals surface area contributed by atoms with E-state index in [0.717, 1.165) is 30.1 Å². The third kappa shape index (κ3) is 2.94. The van der Waals surface area contributed by atoms with Crippen molar-refractivity contribution in [3.8, 4) is 0 Å². The number of fused-ring (bicyclic) bond motifs is 1. The number of aryl methyl sites for hydroxylation is 1. The lowest BCUT2D eigenvalue weighted by Gasteiger charge is -2.17. The zero-order chi connectivity index (χ0) is 16.5. The zero-order valence-corrected chi connectivity index (χ0v) is 13.5. The molecule has 1 aliphatic heterocycles. The molecule has 3 aromatic heterocycles. The van der Waals surface area contributed by atoms with E-state index in [9.17, 15) is 4.79 Å². The molecule has 0 aromatic carbocycles. The van der Waals surface area contributed by atoms with Crippen molar-refractivity contribution in [2.24, 2.45) is 7.05 Å². The van der Waals surface area contributed by atoms with Crippen LogP contribution in [0, 0.1) is 0 Å². The molecule has 1 aliphatic rings. The van der Waals surface area contributed by atoms with Crippen molar-refractivity contribution in [2.75, 3.05) is 18.4 Å². The molecule has 8 heteroatoms. The molecule has 1 amide bonds. The van der Waals surface area contributed by atoms with Crippen LogP contribution in [0.3, 0.4) is 0 Å². The number of amides is 1. The second-order valence-electron chi connectivity index (χ2n) is 6.08. The number of imidazole rings is 1. The van der Waals surface area contributed by atoms with Gasteiger partial charge in [-0.1, -0.05) is 0 Å². The second-order valence-corrected chi connectivity index (χ2v) is 6.08. The highest BCUT2D eigenvalue weighted by atomic mass is 16.2. The Morgan fingerprint density at radius 1 is 1.29 bits per heavy atom. The number of anilines is 1. The lowest BCUT2D eigenvalue weighted by atomic mass is 10.2. The Morgan fingerprint density at radius 3 is 3.04 bits per heavy atom. The van der Waals surface area contributed by atoms with E-state index >= 15 is 0 Å². The van der Waals surface area contributed by atoms with Crippen molar-refractivity contribution in [2.45, 2.75) is 18.9 Å². The highest BCUT2D eigenvalue weighted by Gasteiger charge is 2.26. The molecule has 24 heavy (non-hydrogen) atoms. The van der Waals surface area contributed by atoms with Crippen LogP contribution < -0.4 is 5.32 Å². The molecule has 1 unspecified atom stereocenters. The molecule has 3 aromatic rings. The van der Waals surface area contributed by atoms with Gasteiger partial charge in [-0.15, -0.1) is 5.10 Å². The Balaban J connectivity index is 1.36. The minimum Gasteiger partial charge on any atom is -0.364 e. The largest absolute Gasteiger partial charge is 0.364 e. The van der Waals surface area contributed by atoms with E-state index in [-0.39, 0.29) is 11.9 Å². The Kier molecular flexibility index (Phi) is 3.64. The van der Waals surface area contributed by atoms with Crippen LogP contribution >= 0.6 is 0 Å². The van der Waals surface area contributed by atoms with Gasteiger partial charge in [-0.2, -0.15) is 5.10 Å². The Morgan fingerprint density at radius 2 is 2.21 bits per heavy atom. The number of carbonyl (C=O) groups is 1. The summed E-state index contributed by atoms with van der Waals surface area (Å²) in [5.41, 5.74) is 1.63. The normalized spacial score (nSPS) is 17.5. The second kappa shape index (κ2) is 5.95. The Hall–Kier alpha value is -2.90. The number of nitrogens with one attached hydrogen (secondary N) is 1. The van der Waals surface area contributed by atoms with E-state index in [4.69, 9.17) is 0 Å². The molecule has 0 saturated carbocycles. The number of hydrogen-bond donors (Lipinski definition) is 1. The van der Waals surface area contributed by atoms with Gasteiger partial charge in [-0.25, -0.2) is 9.50 Å². The summed E-state index contributed by atoms with van der Waals surface area (Å²) in [6.45, 7) is 1.45. The van der Waals surface area contributed by atoms with E-state index in [0.29, 0.717) is 13.0 Å². The third-order valence-corrected chi connectivity index (χ3v) is 4.25. The van der Waals surface area contributed by atoms with Crippen molar-refractivity contribution in [3.63, 3.8) is 0 Å². The van der Waals surface area contributed by atoms with Crippen molar-refractivity contribution >= 4 is 17.4 Å². The van der Waals surface area contributed by atoms with E-state index in [1.165, 1.54) is 0 Å². The molecule has 0 aliphatic carbocycles. The highest BCUT2D eigenvalue weighted by Crippen LogP contribution is 2.16. The number of likely N-dealkylation sites (tertiary alicyclic amines) is 1. The molecule has 8 nitrogen and oxygen atoms in total. The SMILES string of the molecule is Cn1ccc(CC(=O)N2CCC(Nc3ccc4nccn4n3)C2)n1. The lowest BCUT2D eigenvalue weighted by Crippen LogP contribution is -2.33. The first kappa shape index (κ1) is 14.7. The smallest absolute Gasteiger partial charge is 0.228 e. The first-order chi connectivity index (χ1) is 11.7. The maximum atomic E-state index is 12.4. The molecule has 1 N–H and O–H groups in total. The van der Waals surface area contributed by atoms with Crippen LogP contribution in [0.1, 0.15) is 12.1 Å². The zero-order valence-electron chi connectivity index (χ0n) is 13.5. The predicted molar refractivity (Wildman–Crippen MR) is 88.5 cm³/mol. The first-order valence-electron chi connectivity index (χ1n) is 8.00. The van der Waals surface area contributed by atoms with Crippen LogP contribution in [-0.2, 0) is 18.3 Å². The van der Waals surface area contributed by atoms with Gasteiger partial charge in [0.15, 0.2) is 5.65 Å². The molecule has 1 fully saturated rings. The molecular formula is C16H19N7O. The maximum absolute atomic E-state index is 12.4. The fourth-order valence-electron chi connectivity index (χ4n) is 3.03. The Bertz CT molecular complexity index is 868. The monoisotopic (exact) mass is 325 g/mol. The van der Waals surface area contributed by atoms with Crippen LogP contribution in [0.5, 0.6) is 0 Å². The summed E-state index contributed by atoms with van der Waals surface area (Å²) in [7, 11) is 1.86. The predicted octanol–water partition coefficient (Wildman–Crippen LogP) is 0.718. The number of nitrogens with zero attached hydrogens (tertiary/aromatic N) is 6. The number of rotatable bonds is 4. The van der Waals surface area contributed by atoms with Gasteiger partial charge < -0.3 is 10.2 Å². The lowest BCUT2D eigenvalue weighted by molar-refractivity contribution is -0.129. The van der Waals surface area contributed by atoms with Crippen molar-refractivity contribution in [1.29, 1.82) is 0 Å². The summed E-state index contributed by atoms with van der Waals surface area (Å²) in [6.07, 6.45) is 6.66. The van der Waals surface area contributed by atoms with E-state index in [1.54, 1.807) is 15.4 Å². The summed E-state index contributed by atoms with van der Waals surface area (Å²) in [5, 5.41) is 12.1. The quantitative estimate of drug-likeness (QED) is 0.764. The average Bonchev–Trinajstić information content (AvgIpc) is 3.28. The van der Waals surface area contributed by atoms with Crippen molar-refractivity contribution < 1.29 is 4.79 Å². The average molecular weight is 325 g/mol. The van der Waals surface area contributed by atoms with Gasteiger partial charge >= 0.3 is 0 Å². The van der Waals surface area contributed by atoms with Gasteiger partial charge in [0.1, 0.15) is 5.82 Å². The van der Waals surface area contributed by atoms with E-state index in [1.807, 2.05) is 42.5 Å². The maximum Gasteiger partial charge on any atom is 0.228 e. The van der Waals surface area contributed by atoms with Gasteiger partial charge in [0.25, 0.3) is 0 Å². The number of hydrogen-bond acceptors (Lipinski definition) is 5. The molecule has 0 radical (unpaired) electrons. The minimum atomic E-state index is 0.121. The molecule has 1 atom stereocenters. The summed E-state index contributed by atoms with van der Waals surface area (Å²) in [4.78, 5) is 18.5. The van der Waals surface area contributed by atoms with Crippen LogP contribution in [0.2, 0.25) is 0 Å². The summed E-state index contributed by atoms with van der Waals surface area (Å²) in [6, 6.07) is 5.94. The topological polar surface area (TPSA) is 80.4 Å². The molecule has 1 saturated heterocycles. The number of aromatic nitrogens is 5. The van der Waals surface area contributed by atoms with Crippen LogP contribution in [0.4, 0.5) is 5.82 Å². The van der Waals surface area contributed by atoms with Crippen molar-refractivity contribution in [1.82, 2.24) is 29.3 Å². The molecule has 0 spiro atoms. The standard InChI is InChI=1S/C16H19N7O/c1-21-7-4-12(19-21)10-16(24)22-8-5-13(11-22)18-14-2-3-15-17-6-9-23(15)20-14/h2-4,6-7,9,13H,5,8,10-11H2,1H3,(H,18,20). The number of carbonyl (C=O) groups excluding carboxylic acids is 1. The summed E-state index contributed by atoms with van der Waals surface area (Å²) < 4.78 is 3.45. The summed E-state index contributed by atoms with van der Waals surface area (Å²) in [5.74, 6) is 0.917. The highest BCUT2D eigenvalue weighted by molar-refractivity contribution is 5.78. The van der Waals surface area contributed by atoms with Gasteiger partial charge in [0.05, 0.1) is 12.1 Å². The molecule has 124 valence electrons. The molecular weight excluding hydrogens is 306 g/mol. The van der Waals surface area contributed by atoms with Crippen LogP contribution in [-0.4, -0.2) is 54.3 Å². The summed E-state index contributed by atoms with van der Waals surface area (Å²) >= 11 is 0. The van der Waals surface area contributed by atoms with Gasteiger partial charge in [0, 0.05) is 44.8 Å². The molecule has 4 rings (SSSR count). The fraction of sp³-hybridized carbons (Fsp3) is 0.375. The van der Waals surface area contributed by atoms with Crippen molar-refractivity contribution in [3.05, 3.63) is 42.5 Å². The molecule has 4 heterocycles. The van der Waals surface area contributed by atoms with Gasteiger partial charge in [-0.3, -0.25) is 9.48 Å². The van der Waals surface area contributed by atoms with E-state index < -0.39 is 0 Å². The van der Waals surface area contributed by atoms with Crippen LogP contribution in [0.25, 0.3) is 5.65 Å².